The summed E-state index contributed by atoms with van der Waals surface area (Å²) in [6.45, 7) is 4.47. The summed E-state index contributed by atoms with van der Waals surface area (Å²) in [5.41, 5.74) is 5.87. The molecule has 1 aromatic carbocycles. The number of methoxy groups -OCH3 is 2. The molecule has 0 unspecified atom stereocenters. The van der Waals surface area contributed by atoms with Crippen LogP contribution in [0.3, 0.4) is 0 Å². The lowest BCUT2D eigenvalue weighted by atomic mass is 10.1. The Bertz CT molecular complexity index is 472. The van der Waals surface area contributed by atoms with E-state index in [4.69, 9.17) is 25.2 Å². The van der Waals surface area contributed by atoms with Gasteiger partial charge in [0.05, 0.1) is 19.3 Å². The first-order chi connectivity index (χ1) is 9.41. The smallest absolute Gasteiger partial charge is 0.170 e. The second-order valence-corrected chi connectivity index (χ2v) is 4.94. The van der Waals surface area contributed by atoms with Gasteiger partial charge in [0.1, 0.15) is 11.5 Å². The maximum Gasteiger partial charge on any atom is 0.170 e. The molecule has 1 rings (SSSR count). The van der Waals surface area contributed by atoms with Crippen LogP contribution in [0.15, 0.2) is 23.4 Å². The highest BCUT2D eigenvalue weighted by Crippen LogP contribution is 2.23. The fraction of sp³-hybridized carbons (Fsp3) is 0.500. The molecule has 112 valence electrons. The Hall–Kier alpha value is -1.95. The van der Waals surface area contributed by atoms with Gasteiger partial charge in [-0.2, -0.15) is 0 Å². The highest BCUT2D eigenvalue weighted by molar-refractivity contribution is 5.97. The Morgan fingerprint density at radius 2 is 1.90 bits per heavy atom. The molecule has 1 aromatic rings. The minimum atomic E-state index is -0.243. The molecule has 0 aliphatic heterocycles. The maximum atomic E-state index is 8.72. The molecule has 0 amide bonds. The average molecular weight is 282 g/mol. The van der Waals surface area contributed by atoms with Gasteiger partial charge in [0, 0.05) is 25.2 Å². The lowest BCUT2D eigenvalue weighted by molar-refractivity contribution is 0.00544. The number of hydrogen-bond acceptors (Lipinski definition) is 5. The fourth-order valence-electron chi connectivity index (χ4n) is 1.50. The zero-order chi connectivity index (χ0) is 15.2. The number of benzene rings is 1. The molecule has 6 heteroatoms. The van der Waals surface area contributed by atoms with E-state index in [1.165, 1.54) is 0 Å². The summed E-state index contributed by atoms with van der Waals surface area (Å²) in [5, 5.41) is 11.7. The van der Waals surface area contributed by atoms with Gasteiger partial charge in [-0.05, 0) is 26.0 Å². The number of rotatable bonds is 7. The van der Waals surface area contributed by atoms with Gasteiger partial charge in [-0.1, -0.05) is 5.16 Å². The van der Waals surface area contributed by atoms with Crippen molar-refractivity contribution < 1.29 is 19.4 Å². The SMILES string of the molecule is COc1cc(OCCC(C)(C)OC)cc(/C(N)=N/O)c1. The van der Waals surface area contributed by atoms with E-state index in [9.17, 15) is 0 Å². The standard InChI is InChI=1S/C14H22N2O4/c1-14(2,19-4)5-6-20-12-8-10(13(15)16-17)7-11(9-12)18-3/h7-9,17H,5-6H2,1-4H3,(H2,15,16). The van der Waals surface area contributed by atoms with Crippen molar-refractivity contribution in [2.75, 3.05) is 20.8 Å². The molecule has 0 heterocycles. The van der Waals surface area contributed by atoms with E-state index in [2.05, 4.69) is 5.16 Å². The van der Waals surface area contributed by atoms with Gasteiger partial charge in [-0.3, -0.25) is 0 Å². The van der Waals surface area contributed by atoms with Crippen LogP contribution in [0.2, 0.25) is 0 Å². The Labute approximate surface area is 119 Å². The van der Waals surface area contributed by atoms with Crippen molar-refractivity contribution in [3.63, 3.8) is 0 Å². The summed E-state index contributed by atoms with van der Waals surface area (Å²) < 4.78 is 16.2. The third-order valence-corrected chi connectivity index (χ3v) is 3.04. The van der Waals surface area contributed by atoms with Gasteiger partial charge in [0.2, 0.25) is 0 Å². The Morgan fingerprint density at radius 1 is 1.25 bits per heavy atom. The Balaban J connectivity index is 2.79. The maximum absolute atomic E-state index is 8.72. The number of hydrogen-bond donors (Lipinski definition) is 2. The van der Waals surface area contributed by atoms with Crippen molar-refractivity contribution in [3.8, 4) is 11.5 Å². The molecule has 0 fully saturated rings. The lowest BCUT2D eigenvalue weighted by Crippen LogP contribution is -2.25. The van der Waals surface area contributed by atoms with Gasteiger partial charge < -0.3 is 25.2 Å². The molecule has 6 nitrogen and oxygen atoms in total. The minimum Gasteiger partial charge on any atom is -0.497 e. The lowest BCUT2D eigenvalue weighted by Gasteiger charge is -2.22. The van der Waals surface area contributed by atoms with Gasteiger partial charge >= 0.3 is 0 Å². The zero-order valence-electron chi connectivity index (χ0n) is 12.3. The van der Waals surface area contributed by atoms with Crippen LogP contribution >= 0.6 is 0 Å². The van der Waals surface area contributed by atoms with Gasteiger partial charge in [0.25, 0.3) is 0 Å². The molecule has 0 bridgehead atoms. The molecule has 0 aliphatic rings. The summed E-state index contributed by atoms with van der Waals surface area (Å²) in [5.74, 6) is 1.18. The first kappa shape index (κ1) is 16.1. The summed E-state index contributed by atoms with van der Waals surface area (Å²) in [6, 6.07) is 5.10. The normalized spacial score (nSPS) is 12.3. The van der Waals surface area contributed by atoms with Crippen molar-refractivity contribution in [3.05, 3.63) is 23.8 Å². The number of oxime groups is 1. The molecule has 0 saturated carbocycles. The van der Waals surface area contributed by atoms with Crippen LogP contribution in [0.25, 0.3) is 0 Å². The Kier molecular flexibility index (Phi) is 5.64. The average Bonchev–Trinajstić information content (AvgIpc) is 2.45. The number of nitrogens with two attached hydrogens (primary N) is 1. The third-order valence-electron chi connectivity index (χ3n) is 3.04. The molecular formula is C14H22N2O4. The van der Waals surface area contributed by atoms with Crippen molar-refractivity contribution >= 4 is 5.84 Å². The van der Waals surface area contributed by atoms with Crippen LogP contribution in [0, 0.1) is 0 Å². The monoisotopic (exact) mass is 282 g/mol. The largest absolute Gasteiger partial charge is 0.497 e. The highest BCUT2D eigenvalue weighted by Gasteiger charge is 2.16. The number of nitrogens with zero attached hydrogens (tertiary/aromatic N) is 1. The summed E-state index contributed by atoms with van der Waals surface area (Å²) in [6.07, 6.45) is 0.736. The van der Waals surface area contributed by atoms with E-state index in [0.717, 1.165) is 6.42 Å². The first-order valence-corrected chi connectivity index (χ1v) is 6.27. The van der Waals surface area contributed by atoms with Crippen molar-refractivity contribution in [2.45, 2.75) is 25.9 Å². The fourth-order valence-corrected chi connectivity index (χ4v) is 1.50. The van der Waals surface area contributed by atoms with Crippen LogP contribution in [0.4, 0.5) is 0 Å². The van der Waals surface area contributed by atoms with E-state index in [0.29, 0.717) is 23.7 Å². The van der Waals surface area contributed by atoms with Gasteiger partial charge in [-0.15, -0.1) is 0 Å². The van der Waals surface area contributed by atoms with Crippen LogP contribution in [-0.2, 0) is 4.74 Å². The molecular weight excluding hydrogens is 260 g/mol. The molecule has 0 saturated heterocycles. The van der Waals surface area contributed by atoms with Crippen molar-refractivity contribution in [1.29, 1.82) is 0 Å². The van der Waals surface area contributed by atoms with Gasteiger partial charge in [-0.25, -0.2) is 0 Å². The summed E-state index contributed by atoms with van der Waals surface area (Å²) in [7, 11) is 3.21. The first-order valence-electron chi connectivity index (χ1n) is 6.27. The summed E-state index contributed by atoms with van der Waals surface area (Å²) in [4.78, 5) is 0. The van der Waals surface area contributed by atoms with Crippen molar-refractivity contribution in [2.24, 2.45) is 10.9 Å². The third kappa shape index (κ3) is 4.62. The minimum absolute atomic E-state index is 0.00553. The van der Waals surface area contributed by atoms with E-state index in [1.54, 1.807) is 32.4 Å². The second-order valence-electron chi connectivity index (χ2n) is 4.94. The second kappa shape index (κ2) is 7.00. The predicted octanol–water partition coefficient (Wildman–Crippen LogP) is 1.98. The van der Waals surface area contributed by atoms with Gasteiger partial charge in [0.15, 0.2) is 5.84 Å². The van der Waals surface area contributed by atoms with E-state index in [-0.39, 0.29) is 11.4 Å². The van der Waals surface area contributed by atoms with Crippen LogP contribution in [0.5, 0.6) is 11.5 Å². The van der Waals surface area contributed by atoms with Crippen LogP contribution in [-0.4, -0.2) is 37.5 Å². The zero-order valence-corrected chi connectivity index (χ0v) is 12.3. The predicted molar refractivity (Wildman–Crippen MR) is 76.7 cm³/mol. The molecule has 0 atom stereocenters. The molecule has 0 aliphatic carbocycles. The quantitative estimate of drug-likeness (QED) is 0.345. The molecule has 0 aromatic heterocycles. The van der Waals surface area contributed by atoms with Crippen molar-refractivity contribution in [1.82, 2.24) is 0 Å². The molecule has 20 heavy (non-hydrogen) atoms. The van der Waals surface area contributed by atoms with E-state index in [1.807, 2.05) is 13.8 Å². The Morgan fingerprint density at radius 3 is 2.45 bits per heavy atom. The summed E-state index contributed by atoms with van der Waals surface area (Å²) >= 11 is 0. The van der Waals surface area contributed by atoms with E-state index < -0.39 is 0 Å². The van der Waals surface area contributed by atoms with Crippen LogP contribution in [0.1, 0.15) is 25.8 Å². The molecule has 0 spiro atoms. The topological polar surface area (TPSA) is 86.3 Å². The number of amidine groups is 1. The van der Waals surface area contributed by atoms with Crippen LogP contribution < -0.4 is 15.2 Å². The molecule has 0 radical (unpaired) electrons. The molecule has 3 N–H and O–H groups in total. The number of ether oxygens (including phenoxy) is 3. The van der Waals surface area contributed by atoms with E-state index >= 15 is 0 Å². The highest BCUT2D eigenvalue weighted by atomic mass is 16.5.